The molecular weight excluding hydrogens is 352 g/mol. The molecule has 0 aromatic rings. The van der Waals surface area contributed by atoms with Gasteiger partial charge in [0.05, 0.1) is 6.10 Å². The zero-order valence-electron chi connectivity index (χ0n) is 17.1. The second kappa shape index (κ2) is 7.35. The summed E-state index contributed by atoms with van der Waals surface area (Å²) < 4.78 is 23.4. The van der Waals surface area contributed by atoms with Crippen molar-refractivity contribution in [3.05, 3.63) is 12.7 Å². The van der Waals surface area contributed by atoms with Gasteiger partial charge in [-0.15, -0.1) is 6.58 Å². The lowest BCUT2D eigenvalue weighted by atomic mass is 9.76. The van der Waals surface area contributed by atoms with Crippen molar-refractivity contribution >= 4 is 14.3 Å². The molecule has 1 saturated heterocycles. The highest BCUT2D eigenvalue weighted by Gasteiger charge is 2.64. The topological polar surface area (TPSA) is 74.2 Å². The minimum absolute atomic E-state index is 0.00527. The molecule has 150 valence electrons. The Labute approximate surface area is 158 Å². The summed E-state index contributed by atoms with van der Waals surface area (Å²) >= 11 is 0. The largest absolute Gasteiger partial charge is 0.457 e. The molecule has 2 aliphatic rings. The molecule has 0 unspecified atom stereocenters. The maximum absolute atomic E-state index is 12.6. The van der Waals surface area contributed by atoms with Crippen molar-refractivity contribution in [2.24, 2.45) is 11.8 Å². The molecule has 1 N–H and O–H groups in total. The Hall–Kier alpha value is -0.733. The van der Waals surface area contributed by atoms with Crippen LogP contribution in [0.15, 0.2) is 12.7 Å². The van der Waals surface area contributed by atoms with Gasteiger partial charge in [0.1, 0.15) is 6.10 Å². The molecule has 0 amide bonds. The number of rotatable bonds is 7. The summed E-state index contributed by atoms with van der Waals surface area (Å²) in [5, 5.41) is 11.1. The van der Waals surface area contributed by atoms with Crippen molar-refractivity contribution in [1.29, 1.82) is 0 Å². The van der Waals surface area contributed by atoms with Crippen molar-refractivity contribution < 1.29 is 28.5 Å². The van der Waals surface area contributed by atoms with Crippen LogP contribution in [0.5, 0.6) is 0 Å². The van der Waals surface area contributed by atoms with Gasteiger partial charge in [-0.1, -0.05) is 26.8 Å². The summed E-state index contributed by atoms with van der Waals surface area (Å²) in [5.41, 5.74) is -1.62. The maximum atomic E-state index is 12.6. The van der Waals surface area contributed by atoms with Gasteiger partial charge in [-0.25, -0.2) is 4.79 Å². The highest BCUT2D eigenvalue weighted by Crippen LogP contribution is 2.52. The van der Waals surface area contributed by atoms with E-state index in [1.807, 2.05) is 0 Å². The smallest absolute Gasteiger partial charge is 0.339 e. The first-order chi connectivity index (χ1) is 11.9. The molecular formula is C19H34O6Si. The lowest BCUT2D eigenvalue weighted by molar-refractivity contribution is -0.194. The molecule has 1 aliphatic carbocycles. The standard InChI is InChI=1S/C19H34O6Si/c1-9-10-19(21)12-11-13(24-17(19)20)15(14(12)16(22-5)23-6)25-26(7,8)18(2,3)4/h9,12-16,21H,1,10-11H2,2-8H3/t12-,13+,14+,15+,19+/m1/s1. The number of fused-ring (bicyclic) bond motifs is 2. The molecule has 0 spiro atoms. The third-order valence-corrected chi connectivity index (χ3v) is 10.9. The van der Waals surface area contributed by atoms with E-state index in [0.29, 0.717) is 6.42 Å². The quantitative estimate of drug-likeness (QED) is 0.314. The Balaban J connectivity index is 2.44. The van der Waals surface area contributed by atoms with Gasteiger partial charge in [0.25, 0.3) is 0 Å². The summed E-state index contributed by atoms with van der Waals surface area (Å²) in [5.74, 6) is -1.28. The summed E-state index contributed by atoms with van der Waals surface area (Å²) in [4.78, 5) is 12.6. The second-order valence-corrected chi connectivity index (χ2v) is 13.7. The molecule has 1 saturated carbocycles. The van der Waals surface area contributed by atoms with Gasteiger partial charge >= 0.3 is 5.97 Å². The monoisotopic (exact) mass is 386 g/mol. The van der Waals surface area contributed by atoms with E-state index in [9.17, 15) is 9.90 Å². The van der Waals surface area contributed by atoms with E-state index in [4.69, 9.17) is 18.6 Å². The summed E-state index contributed by atoms with van der Waals surface area (Å²) in [6.45, 7) is 14.5. The number of aliphatic hydroxyl groups is 1. The van der Waals surface area contributed by atoms with E-state index in [2.05, 4.69) is 40.4 Å². The number of carbonyl (C=O) groups is 1. The van der Waals surface area contributed by atoms with Gasteiger partial charge in [0.2, 0.25) is 0 Å². The van der Waals surface area contributed by atoms with Crippen LogP contribution in [0.4, 0.5) is 0 Å². The predicted molar refractivity (Wildman–Crippen MR) is 101 cm³/mol. The fraction of sp³-hybridized carbons (Fsp3) is 0.842. The van der Waals surface area contributed by atoms with Gasteiger partial charge < -0.3 is 23.7 Å². The van der Waals surface area contributed by atoms with Gasteiger partial charge in [-0.2, -0.15) is 0 Å². The average molecular weight is 387 g/mol. The molecule has 5 atom stereocenters. The van der Waals surface area contributed by atoms with Crippen LogP contribution in [0.25, 0.3) is 0 Å². The molecule has 0 radical (unpaired) electrons. The number of carbonyl (C=O) groups excluding carboxylic acids is 1. The molecule has 0 aromatic heterocycles. The van der Waals surface area contributed by atoms with E-state index < -0.39 is 32.3 Å². The molecule has 2 bridgehead atoms. The Morgan fingerprint density at radius 1 is 1.38 bits per heavy atom. The SMILES string of the molecule is C=CC[C@@]1(O)C(=O)O[C@H]2C[C@@H]1[C@H](C(OC)OC)[C@H]2O[Si](C)(C)C(C)(C)C. The van der Waals surface area contributed by atoms with Crippen LogP contribution in [-0.2, 0) is 23.4 Å². The van der Waals surface area contributed by atoms with Crippen molar-refractivity contribution in [1.82, 2.24) is 0 Å². The average Bonchev–Trinajstić information content (AvgIpc) is 2.82. The fourth-order valence-electron chi connectivity index (χ4n) is 3.92. The van der Waals surface area contributed by atoms with Crippen LogP contribution < -0.4 is 0 Å². The molecule has 1 aliphatic heterocycles. The fourth-order valence-corrected chi connectivity index (χ4v) is 5.26. The lowest BCUT2D eigenvalue weighted by Gasteiger charge is -2.41. The molecule has 6 nitrogen and oxygen atoms in total. The highest BCUT2D eigenvalue weighted by atomic mass is 28.4. The van der Waals surface area contributed by atoms with Crippen LogP contribution >= 0.6 is 0 Å². The van der Waals surface area contributed by atoms with Crippen LogP contribution in [0.3, 0.4) is 0 Å². The van der Waals surface area contributed by atoms with Crippen molar-refractivity contribution in [3.63, 3.8) is 0 Å². The van der Waals surface area contributed by atoms with E-state index >= 15 is 0 Å². The minimum Gasteiger partial charge on any atom is -0.457 e. The molecule has 2 fully saturated rings. The molecule has 2 rings (SSSR count). The first-order valence-electron chi connectivity index (χ1n) is 9.20. The molecule has 1 heterocycles. The van der Waals surface area contributed by atoms with Crippen LogP contribution in [0.1, 0.15) is 33.6 Å². The summed E-state index contributed by atoms with van der Waals surface area (Å²) in [6.07, 6.45) is 0.856. The number of ether oxygens (including phenoxy) is 3. The third-order valence-electron chi connectivity index (χ3n) is 6.39. The number of hydrogen-bond donors (Lipinski definition) is 1. The highest BCUT2D eigenvalue weighted by molar-refractivity contribution is 6.74. The van der Waals surface area contributed by atoms with Crippen molar-refractivity contribution in [3.8, 4) is 0 Å². The van der Waals surface area contributed by atoms with Gasteiger partial charge in [-0.05, 0) is 24.6 Å². The van der Waals surface area contributed by atoms with E-state index in [0.717, 1.165) is 0 Å². The Morgan fingerprint density at radius 2 is 1.96 bits per heavy atom. The summed E-state index contributed by atoms with van der Waals surface area (Å²) in [6, 6.07) is 0. The lowest BCUT2D eigenvalue weighted by Crippen LogP contribution is -2.52. The Morgan fingerprint density at radius 3 is 2.42 bits per heavy atom. The Bertz CT molecular complexity index is 539. The maximum Gasteiger partial charge on any atom is 0.339 e. The molecule has 0 aromatic carbocycles. The second-order valence-electron chi connectivity index (χ2n) is 8.96. The molecule has 26 heavy (non-hydrogen) atoms. The number of esters is 1. The van der Waals surface area contributed by atoms with Gasteiger partial charge in [0.15, 0.2) is 20.2 Å². The zero-order chi connectivity index (χ0) is 19.9. The van der Waals surface area contributed by atoms with E-state index in [1.165, 1.54) is 0 Å². The van der Waals surface area contributed by atoms with Crippen molar-refractivity contribution in [2.75, 3.05) is 14.2 Å². The van der Waals surface area contributed by atoms with Crippen molar-refractivity contribution in [2.45, 2.75) is 75.8 Å². The Kier molecular flexibility index (Phi) is 6.10. The first-order valence-corrected chi connectivity index (χ1v) is 12.1. The summed E-state index contributed by atoms with van der Waals surface area (Å²) in [7, 11) is 0.995. The number of hydrogen-bond acceptors (Lipinski definition) is 6. The molecule has 7 heteroatoms. The first kappa shape index (κ1) is 21.6. The number of methoxy groups -OCH3 is 2. The zero-order valence-corrected chi connectivity index (χ0v) is 18.1. The normalized spacial score (nSPS) is 34.9. The van der Waals surface area contributed by atoms with Crippen LogP contribution in [0, 0.1) is 11.8 Å². The third kappa shape index (κ3) is 3.52. The van der Waals surface area contributed by atoms with Gasteiger partial charge in [0, 0.05) is 32.5 Å². The minimum atomic E-state index is -2.13. The van der Waals surface area contributed by atoms with E-state index in [1.54, 1.807) is 20.3 Å². The predicted octanol–water partition coefficient (Wildman–Crippen LogP) is 2.86. The van der Waals surface area contributed by atoms with Crippen LogP contribution in [0.2, 0.25) is 18.1 Å². The van der Waals surface area contributed by atoms with Gasteiger partial charge in [-0.3, -0.25) is 0 Å². The van der Waals surface area contributed by atoms with E-state index in [-0.39, 0.29) is 29.4 Å². The van der Waals surface area contributed by atoms with Crippen LogP contribution in [-0.4, -0.2) is 57.7 Å².